The number of azo groups is 1. The van der Waals surface area contributed by atoms with Gasteiger partial charge in [0.15, 0.2) is 5.69 Å². The lowest BCUT2D eigenvalue weighted by atomic mass is 10.2. The van der Waals surface area contributed by atoms with Crippen molar-refractivity contribution in [3.05, 3.63) is 52.8 Å². The van der Waals surface area contributed by atoms with Gasteiger partial charge in [0.05, 0.1) is 12.2 Å². The van der Waals surface area contributed by atoms with Crippen LogP contribution >= 0.6 is 15.9 Å². The van der Waals surface area contributed by atoms with E-state index < -0.39 is 5.91 Å². The van der Waals surface area contributed by atoms with Crippen molar-refractivity contribution in [1.82, 2.24) is 14.5 Å². The SMILES string of the molecule is O=C(N=Nc1c(O)n(CN2CCCC2)c2ccc(Br)cc12)c1ccccn1. The van der Waals surface area contributed by atoms with Crippen LogP contribution in [0.15, 0.2) is 57.3 Å². The Morgan fingerprint density at radius 3 is 2.78 bits per heavy atom. The molecule has 1 aliphatic heterocycles. The molecule has 2 aromatic heterocycles. The molecule has 0 atom stereocenters. The fourth-order valence-electron chi connectivity index (χ4n) is 3.30. The van der Waals surface area contributed by atoms with E-state index in [9.17, 15) is 9.90 Å². The first-order valence-electron chi connectivity index (χ1n) is 8.73. The molecular weight excluding hydrogens is 410 g/mol. The highest BCUT2D eigenvalue weighted by molar-refractivity contribution is 9.10. The van der Waals surface area contributed by atoms with Gasteiger partial charge in [0.2, 0.25) is 5.88 Å². The lowest BCUT2D eigenvalue weighted by Gasteiger charge is -2.17. The van der Waals surface area contributed by atoms with Gasteiger partial charge in [-0.1, -0.05) is 22.0 Å². The lowest BCUT2D eigenvalue weighted by Crippen LogP contribution is -2.22. The van der Waals surface area contributed by atoms with Crippen LogP contribution in [-0.2, 0) is 6.67 Å². The van der Waals surface area contributed by atoms with Crippen LogP contribution < -0.4 is 0 Å². The van der Waals surface area contributed by atoms with E-state index in [0.29, 0.717) is 6.67 Å². The molecular formula is C19H18BrN5O2. The van der Waals surface area contributed by atoms with Gasteiger partial charge in [0.25, 0.3) is 0 Å². The third-order valence-corrected chi connectivity index (χ3v) is 5.13. The van der Waals surface area contributed by atoms with Crippen LogP contribution in [0.4, 0.5) is 5.69 Å². The van der Waals surface area contributed by atoms with Gasteiger partial charge in [-0.2, -0.15) is 0 Å². The molecule has 1 aliphatic rings. The number of benzene rings is 1. The number of carbonyl (C=O) groups excluding carboxylic acids is 1. The number of carbonyl (C=O) groups is 1. The molecule has 0 saturated carbocycles. The average molecular weight is 428 g/mol. The van der Waals surface area contributed by atoms with Crippen molar-refractivity contribution in [1.29, 1.82) is 0 Å². The zero-order chi connectivity index (χ0) is 18.8. The summed E-state index contributed by atoms with van der Waals surface area (Å²) < 4.78 is 2.67. The Labute approximate surface area is 164 Å². The van der Waals surface area contributed by atoms with Crippen LogP contribution in [0.5, 0.6) is 5.88 Å². The highest BCUT2D eigenvalue weighted by Gasteiger charge is 2.21. The second-order valence-corrected chi connectivity index (χ2v) is 7.36. The zero-order valence-corrected chi connectivity index (χ0v) is 16.1. The molecule has 27 heavy (non-hydrogen) atoms. The molecule has 0 aliphatic carbocycles. The fraction of sp³-hybridized carbons (Fsp3) is 0.263. The molecule has 1 saturated heterocycles. The predicted molar refractivity (Wildman–Crippen MR) is 105 cm³/mol. The largest absolute Gasteiger partial charge is 0.493 e. The van der Waals surface area contributed by atoms with Gasteiger partial charge in [0, 0.05) is 16.1 Å². The van der Waals surface area contributed by atoms with Gasteiger partial charge >= 0.3 is 5.91 Å². The predicted octanol–water partition coefficient (Wildman–Crippen LogP) is 4.48. The van der Waals surface area contributed by atoms with Gasteiger partial charge in [-0.15, -0.1) is 10.2 Å². The molecule has 0 unspecified atom stereocenters. The number of amides is 1. The Morgan fingerprint density at radius 2 is 2.04 bits per heavy atom. The number of aromatic hydroxyl groups is 1. The Bertz CT molecular complexity index is 1010. The van der Waals surface area contributed by atoms with Crippen molar-refractivity contribution >= 4 is 38.4 Å². The second kappa shape index (κ2) is 7.58. The molecule has 0 bridgehead atoms. The lowest BCUT2D eigenvalue weighted by molar-refractivity contribution is 0.0990. The third kappa shape index (κ3) is 3.63. The number of aromatic nitrogens is 2. The molecule has 1 N–H and O–H groups in total. The van der Waals surface area contributed by atoms with Crippen LogP contribution in [0.1, 0.15) is 23.3 Å². The Morgan fingerprint density at radius 1 is 1.22 bits per heavy atom. The number of hydrogen-bond acceptors (Lipinski definition) is 5. The van der Waals surface area contributed by atoms with E-state index in [1.165, 1.54) is 6.20 Å². The van der Waals surface area contributed by atoms with Crippen LogP contribution in [0.3, 0.4) is 0 Å². The number of halogens is 1. The van der Waals surface area contributed by atoms with Crippen LogP contribution in [0.25, 0.3) is 10.9 Å². The van der Waals surface area contributed by atoms with Gasteiger partial charge < -0.3 is 5.11 Å². The molecule has 3 heterocycles. The number of fused-ring (bicyclic) bond motifs is 1. The molecule has 0 spiro atoms. The molecule has 1 amide bonds. The van der Waals surface area contributed by atoms with Crippen molar-refractivity contribution in [2.45, 2.75) is 19.5 Å². The monoisotopic (exact) mass is 427 g/mol. The van der Waals surface area contributed by atoms with Gasteiger partial charge in [-0.05, 0) is 56.3 Å². The first-order valence-corrected chi connectivity index (χ1v) is 9.53. The van der Waals surface area contributed by atoms with E-state index in [2.05, 4.69) is 36.0 Å². The topological polar surface area (TPSA) is 83.1 Å². The molecule has 3 aromatic rings. The molecule has 8 heteroatoms. The summed E-state index contributed by atoms with van der Waals surface area (Å²) in [5, 5.41) is 19.4. The summed E-state index contributed by atoms with van der Waals surface area (Å²) in [6, 6.07) is 10.7. The summed E-state index contributed by atoms with van der Waals surface area (Å²) in [6.07, 6.45) is 3.85. The Balaban J connectivity index is 1.73. The van der Waals surface area contributed by atoms with Crippen LogP contribution in [-0.4, -0.2) is 38.6 Å². The third-order valence-electron chi connectivity index (χ3n) is 4.64. The highest BCUT2D eigenvalue weighted by atomic mass is 79.9. The number of pyridine rings is 1. The van der Waals surface area contributed by atoms with Gasteiger partial charge in [0.1, 0.15) is 5.69 Å². The molecule has 0 radical (unpaired) electrons. The quantitative estimate of drug-likeness (QED) is 0.621. The van der Waals surface area contributed by atoms with E-state index in [1.807, 2.05) is 22.8 Å². The highest BCUT2D eigenvalue weighted by Crippen LogP contribution is 2.40. The van der Waals surface area contributed by atoms with Crippen molar-refractivity contribution in [3.63, 3.8) is 0 Å². The maximum atomic E-state index is 12.2. The van der Waals surface area contributed by atoms with E-state index in [-0.39, 0.29) is 17.3 Å². The van der Waals surface area contributed by atoms with E-state index >= 15 is 0 Å². The fourth-order valence-corrected chi connectivity index (χ4v) is 3.66. The summed E-state index contributed by atoms with van der Waals surface area (Å²) in [5.74, 6) is -0.544. The summed E-state index contributed by atoms with van der Waals surface area (Å²) in [4.78, 5) is 18.4. The molecule has 7 nitrogen and oxygen atoms in total. The summed E-state index contributed by atoms with van der Waals surface area (Å²) in [5.41, 5.74) is 1.35. The maximum absolute atomic E-state index is 12.2. The summed E-state index contributed by atoms with van der Waals surface area (Å²) in [7, 11) is 0. The summed E-state index contributed by atoms with van der Waals surface area (Å²) >= 11 is 3.45. The average Bonchev–Trinajstić information content (AvgIpc) is 3.28. The van der Waals surface area contributed by atoms with Crippen molar-refractivity contribution < 1.29 is 9.90 Å². The molecule has 1 aromatic carbocycles. The minimum Gasteiger partial charge on any atom is -0.493 e. The normalized spacial score (nSPS) is 15.1. The number of rotatable bonds is 4. The number of hydrogen-bond donors (Lipinski definition) is 1. The molecule has 1 fully saturated rings. The van der Waals surface area contributed by atoms with Crippen molar-refractivity contribution in [2.75, 3.05) is 13.1 Å². The van der Waals surface area contributed by atoms with Crippen LogP contribution in [0, 0.1) is 0 Å². The standard InChI is InChI=1S/C19H18BrN5O2/c20-13-6-7-16-14(11-13)17(19(27)25(16)12-24-9-3-4-10-24)22-23-18(26)15-5-1-2-8-21-15/h1-2,5-8,11,27H,3-4,9-10,12H2. The molecule has 138 valence electrons. The Kier molecular flexibility index (Phi) is 5.00. The van der Waals surface area contributed by atoms with Crippen molar-refractivity contribution in [2.24, 2.45) is 10.2 Å². The van der Waals surface area contributed by atoms with E-state index in [0.717, 1.165) is 41.3 Å². The van der Waals surface area contributed by atoms with E-state index in [1.54, 1.807) is 18.2 Å². The second-order valence-electron chi connectivity index (χ2n) is 6.45. The van der Waals surface area contributed by atoms with Crippen LogP contribution in [0.2, 0.25) is 0 Å². The smallest absolute Gasteiger partial charge is 0.313 e. The zero-order valence-electron chi connectivity index (χ0n) is 14.5. The molecule has 4 rings (SSSR count). The van der Waals surface area contributed by atoms with Crippen molar-refractivity contribution in [3.8, 4) is 5.88 Å². The number of nitrogens with zero attached hydrogens (tertiary/aromatic N) is 5. The Hall–Kier alpha value is -2.58. The van der Waals surface area contributed by atoms with Gasteiger partial charge in [-0.3, -0.25) is 19.2 Å². The number of likely N-dealkylation sites (tertiary alicyclic amines) is 1. The van der Waals surface area contributed by atoms with E-state index in [4.69, 9.17) is 0 Å². The first kappa shape index (κ1) is 17.8. The van der Waals surface area contributed by atoms with Gasteiger partial charge in [-0.25, -0.2) is 0 Å². The summed E-state index contributed by atoms with van der Waals surface area (Å²) in [6.45, 7) is 2.59. The minimum absolute atomic E-state index is 0.00701. The maximum Gasteiger partial charge on any atom is 0.313 e. The minimum atomic E-state index is -0.551. The first-order chi connectivity index (χ1) is 13.1.